The predicted molar refractivity (Wildman–Crippen MR) is 150 cm³/mol. The van der Waals surface area contributed by atoms with Gasteiger partial charge in [-0.2, -0.15) is 0 Å². The number of amides is 2. The number of thiocarbonyl (C=S) groups is 1. The molecule has 0 atom stereocenters. The van der Waals surface area contributed by atoms with Crippen molar-refractivity contribution < 1.29 is 24.6 Å². The second-order valence-corrected chi connectivity index (χ2v) is 9.20. The van der Waals surface area contributed by atoms with Gasteiger partial charge in [0.15, 0.2) is 16.0 Å². The fourth-order valence-corrected chi connectivity index (χ4v) is 3.92. The first-order valence-corrected chi connectivity index (χ1v) is 12.7. The maximum atomic E-state index is 11.3. The lowest BCUT2D eigenvalue weighted by molar-refractivity contribution is -0.117. The van der Waals surface area contributed by atoms with E-state index >= 15 is 0 Å². The van der Waals surface area contributed by atoms with E-state index in [9.17, 15) is 24.6 Å². The number of nitrogens with zero attached hydrogens (tertiary/aromatic N) is 1. The summed E-state index contributed by atoms with van der Waals surface area (Å²) >= 11 is 8.74. The van der Waals surface area contributed by atoms with Gasteiger partial charge in [-0.1, -0.05) is 39.7 Å². The molecule has 2 amide bonds. The summed E-state index contributed by atoms with van der Waals surface area (Å²) in [5.41, 5.74) is 9.02. The van der Waals surface area contributed by atoms with Crippen LogP contribution in [-0.4, -0.2) is 43.2 Å². The van der Waals surface area contributed by atoms with Gasteiger partial charge < -0.3 is 26.6 Å². The second-order valence-electron chi connectivity index (χ2n) is 7.34. The van der Waals surface area contributed by atoms with Crippen molar-refractivity contribution in [2.75, 3.05) is 10.6 Å². The van der Waals surface area contributed by atoms with Crippen molar-refractivity contribution in [3.8, 4) is 22.8 Å². The number of alkyl halides is 1. The summed E-state index contributed by atoms with van der Waals surface area (Å²) in [7, 11) is 0. The van der Waals surface area contributed by atoms with E-state index in [1.165, 1.54) is 42.9 Å². The van der Waals surface area contributed by atoms with Gasteiger partial charge in [0.1, 0.15) is 11.5 Å². The summed E-state index contributed by atoms with van der Waals surface area (Å²) in [6, 6.07) is 10.1. The number of phenolic OH excluding ortho intramolecular Hbond substituents is 2. The molecule has 0 fully saturated rings. The summed E-state index contributed by atoms with van der Waals surface area (Å²) in [5.74, 6) is -0.339. The highest BCUT2D eigenvalue weighted by molar-refractivity contribution is 9.09. The number of anilines is 1. The molecule has 0 aliphatic carbocycles. The molecule has 192 valence electrons. The minimum atomic E-state index is -0.229. The summed E-state index contributed by atoms with van der Waals surface area (Å²) in [4.78, 5) is 36.3. The fourth-order valence-electron chi connectivity index (χ4n) is 2.71. The Hall–Kier alpha value is -3.35. The van der Waals surface area contributed by atoms with E-state index in [0.717, 1.165) is 11.1 Å². The Labute approximate surface area is 226 Å². The molecule has 3 rings (SSSR count). The molecule has 0 bridgehead atoms. The van der Waals surface area contributed by atoms with Gasteiger partial charge in [0.25, 0.3) is 0 Å². The number of aromatic hydroxyl groups is 2. The van der Waals surface area contributed by atoms with Crippen molar-refractivity contribution in [1.29, 1.82) is 0 Å². The smallest absolute Gasteiger partial charge is 0.223 e. The molecule has 1 heterocycles. The Bertz CT molecular complexity index is 1230. The maximum Gasteiger partial charge on any atom is 0.223 e. The van der Waals surface area contributed by atoms with Gasteiger partial charge in [0, 0.05) is 36.4 Å². The number of thiazole rings is 1. The Morgan fingerprint density at radius 2 is 1.75 bits per heavy atom. The van der Waals surface area contributed by atoms with E-state index in [0.29, 0.717) is 21.7 Å². The predicted octanol–water partition coefficient (Wildman–Crippen LogP) is 4.43. The number of nitrogens with one attached hydrogen (secondary N) is 2. The van der Waals surface area contributed by atoms with E-state index < -0.39 is 0 Å². The van der Waals surface area contributed by atoms with Crippen molar-refractivity contribution in [2.24, 2.45) is 5.73 Å². The molecule has 0 unspecified atom stereocenters. The lowest BCUT2D eigenvalue weighted by atomic mass is 10.0. The lowest BCUT2D eigenvalue weighted by Gasteiger charge is -2.02. The molecule has 1 aromatic heterocycles. The minimum absolute atomic E-state index is 0.0106. The van der Waals surface area contributed by atoms with Crippen LogP contribution in [0.2, 0.25) is 0 Å². The number of carbonyl (C=O) groups excluding carboxylic acids is 3. The number of benzene rings is 2. The Morgan fingerprint density at radius 1 is 1.08 bits per heavy atom. The average molecular weight is 596 g/mol. The van der Waals surface area contributed by atoms with Crippen LogP contribution in [0.25, 0.3) is 11.3 Å². The van der Waals surface area contributed by atoms with Crippen molar-refractivity contribution in [3.63, 3.8) is 0 Å². The standard InChI is InChI=1S/C11H10N2O3S.C10H11BrO.C3H6N2OS/c1-6(14)12-11-13-9(5-17-11)8-3-2-7(15)4-10(8)16;1-7-3-4-9(8(2)5-7)10(12)6-11;1-2(6)5-3(4)7/h2-5,15-16H,1H3,(H,12,13,14);3-5H,6H2,1-2H3;1H3,(H3,4,5,6,7). The second kappa shape index (κ2) is 14.9. The first-order valence-electron chi connectivity index (χ1n) is 10.3. The number of aromatic nitrogens is 1. The summed E-state index contributed by atoms with van der Waals surface area (Å²) in [6.07, 6.45) is 0. The Morgan fingerprint density at radius 3 is 2.22 bits per heavy atom. The molecule has 9 nitrogen and oxygen atoms in total. The number of hydrogen-bond donors (Lipinski definition) is 5. The van der Waals surface area contributed by atoms with E-state index in [-0.39, 0.29) is 34.2 Å². The molecule has 6 N–H and O–H groups in total. The highest BCUT2D eigenvalue weighted by Gasteiger charge is 2.10. The quantitative estimate of drug-likeness (QED) is 0.169. The molecule has 0 radical (unpaired) electrons. The largest absolute Gasteiger partial charge is 0.508 e. The van der Waals surface area contributed by atoms with Crippen molar-refractivity contribution in [2.45, 2.75) is 27.7 Å². The first kappa shape index (κ1) is 30.7. The zero-order valence-electron chi connectivity index (χ0n) is 20.1. The molecule has 0 spiro atoms. The van der Waals surface area contributed by atoms with Gasteiger partial charge >= 0.3 is 0 Å². The monoisotopic (exact) mass is 594 g/mol. The molecule has 0 aliphatic heterocycles. The topological polar surface area (TPSA) is 155 Å². The first-order chi connectivity index (χ1) is 16.8. The van der Waals surface area contributed by atoms with Crippen LogP contribution in [0.5, 0.6) is 11.5 Å². The van der Waals surface area contributed by atoms with Crippen molar-refractivity contribution >= 4 is 67.3 Å². The molecule has 0 saturated carbocycles. The number of nitrogens with two attached hydrogens (primary N) is 1. The number of halogens is 1. The number of rotatable bonds is 4. The van der Waals surface area contributed by atoms with Gasteiger partial charge in [-0.25, -0.2) is 4.98 Å². The third-order valence-corrected chi connectivity index (χ3v) is 5.52. The van der Waals surface area contributed by atoms with Gasteiger partial charge in [-0.05, 0) is 43.8 Å². The molecule has 0 aliphatic rings. The molecule has 0 saturated heterocycles. The van der Waals surface area contributed by atoms with Crippen molar-refractivity contribution in [1.82, 2.24) is 10.3 Å². The van der Waals surface area contributed by atoms with E-state index in [2.05, 4.69) is 43.8 Å². The van der Waals surface area contributed by atoms with Crippen molar-refractivity contribution in [3.05, 3.63) is 58.5 Å². The van der Waals surface area contributed by atoms with E-state index in [1.54, 1.807) is 11.4 Å². The Kier molecular flexibility index (Phi) is 12.7. The maximum absolute atomic E-state index is 11.3. The zero-order chi connectivity index (χ0) is 27.4. The lowest BCUT2D eigenvalue weighted by Crippen LogP contribution is -2.32. The number of hydrogen-bond acceptors (Lipinski definition) is 8. The van der Waals surface area contributed by atoms with Crippen LogP contribution >= 0.6 is 39.5 Å². The number of phenols is 2. The van der Waals surface area contributed by atoms with Crippen LogP contribution in [0.4, 0.5) is 5.13 Å². The van der Waals surface area contributed by atoms with E-state index in [1.807, 2.05) is 32.0 Å². The number of ketones is 1. The third kappa shape index (κ3) is 10.9. The molecule has 36 heavy (non-hydrogen) atoms. The number of Topliss-reactive ketones (excluding diaryl/α,β-unsaturated/α-hetero) is 1. The van der Waals surface area contributed by atoms with Crippen LogP contribution in [0.15, 0.2) is 41.8 Å². The number of carbonyl (C=O) groups is 3. The van der Waals surface area contributed by atoms with Gasteiger partial charge in [0.05, 0.1) is 11.0 Å². The van der Waals surface area contributed by atoms with Crippen LogP contribution in [0, 0.1) is 13.8 Å². The van der Waals surface area contributed by atoms with Gasteiger partial charge in [0.2, 0.25) is 11.8 Å². The SMILES string of the molecule is CC(=O)NC(N)=S.CC(=O)Nc1nc(-c2ccc(O)cc2O)cs1.Cc1ccc(C(=O)CBr)c(C)c1. The fraction of sp³-hybridized carbons (Fsp3) is 0.208. The van der Waals surface area contributed by atoms with E-state index in [4.69, 9.17) is 5.73 Å². The van der Waals surface area contributed by atoms with Crippen LogP contribution in [0.1, 0.15) is 35.3 Å². The molecule has 12 heteroatoms. The third-order valence-electron chi connectivity index (χ3n) is 4.15. The average Bonchev–Trinajstić information content (AvgIpc) is 3.20. The van der Waals surface area contributed by atoms with Crippen LogP contribution < -0.4 is 16.4 Å². The summed E-state index contributed by atoms with van der Waals surface area (Å²) in [6.45, 7) is 6.73. The highest BCUT2D eigenvalue weighted by atomic mass is 79.9. The molecular weight excluding hydrogens is 568 g/mol. The molecule has 3 aromatic rings. The zero-order valence-corrected chi connectivity index (χ0v) is 23.3. The minimum Gasteiger partial charge on any atom is -0.508 e. The normalized spacial score (nSPS) is 9.58. The highest BCUT2D eigenvalue weighted by Crippen LogP contribution is 2.33. The van der Waals surface area contributed by atoms with Gasteiger partial charge in [-0.15, -0.1) is 11.3 Å². The molecular formula is C24H27BrN4O5S2. The van der Waals surface area contributed by atoms with Crippen LogP contribution in [0.3, 0.4) is 0 Å². The van der Waals surface area contributed by atoms with Crippen LogP contribution in [-0.2, 0) is 9.59 Å². The van der Waals surface area contributed by atoms with Gasteiger partial charge in [-0.3, -0.25) is 14.4 Å². The molecule has 2 aromatic carbocycles. The number of aryl methyl sites for hydroxylation is 2. The summed E-state index contributed by atoms with van der Waals surface area (Å²) in [5, 5.41) is 26.2. The Balaban J connectivity index is 0.000000298. The summed E-state index contributed by atoms with van der Waals surface area (Å²) < 4.78 is 0.